The first kappa shape index (κ1) is 7.32. The normalized spacial score (nSPS) is 28.0. The highest BCUT2D eigenvalue weighted by molar-refractivity contribution is 4.98. The van der Waals surface area contributed by atoms with E-state index in [4.69, 9.17) is 0 Å². The molecule has 62 valence electrons. The zero-order valence-corrected chi connectivity index (χ0v) is 6.92. The maximum absolute atomic E-state index is 3.39. The molecule has 2 aliphatic rings. The lowest BCUT2D eigenvalue weighted by molar-refractivity contribution is 0.206. The van der Waals surface area contributed by atoms with E-state index in [0.29, 0.717) is 0 Å². The van der Waals surface area contributed by atoms with E-state index in [1.807, 2.05) is 0 Å². The van der Waals surface area contributed by atoms with Crippen molar-refractivity contribution in [1.82, 2.24) is 10.2 Å². The van der Waals surface area contributed by atoms with Gasteiger partial charge < -0.3 is 5.32 Å². The van der Waals surface area contributed by atoms with Crippen LogP contribution in [0, 0.1) is 0 Å². The average molecular weight is 152 g/mol. The predicted molar refractivity (Wildman–Crippen MR) is 46.6 cm³/mol. The molecule has 0 atom stereocenters. The number of hydrogen-bond acceptors (Lipinski definition) is 2. The van der Waals surface area contributed by atoms with E-state index in [2.05, 4.69) is 22.4 Å². The van der Waals surface area contributed by atoms with Gasteiger partial charge in [-0.2, -0.15) is 0 Å². The van der Waals surface area contributed by atoms with Gasteiger partial charge in [-0.1, -0.05) is 12.2 Å². The van der Waals surface area contributed by atoms with Crippen LogP contribution in [-0.4, -0.2) is 37.1 Å². The van der Waals surface area contributed by atoms with Gasteiger partial charge in [-0.3, -0.25) is 4.90 Å². The van der Waals surface area contributed by atoms with Crippen LogP contribution in [-0.2, 0) is 0 Å². The molecular weight excluding hydrogens is 136 g/mol. The molecule has 0 radical (unpaired) electrons. The maximum Gasteiger partial charge on any atom is 0.0169 e. The van der Waals surface area contributed by atoms with E-state index in [1.165, 1.54) is 39.0 Å². The molecule has 2 nitrogen and oxygen atoms in total. The molecule has 0 aromatic rings. The van der Waals surface area contributed by atoms with Gasteiger partial charge in [-0.15, -0.1) is 0 Å². The summed E-state index contributed by atoms with van der Waals surface area (Å²) < 4.78 is 0. The number of nitrogens with zero attached hydrogens (tertiary/aromatic N) is 1. The Morgan fingerprint density at radius 3 is 2.36 bits per heavy atom. The second-order valence-electron chi connectivity index (χ2n) is 3.41. The van der Waals surface area contributed by atoms with Crippen molar-refractivity contribution in [3.8, 4) is 0 Å². The van der Waals surface area contributed by atoms with Crippen molar-refractivity contribution in [2.75, 3.05) is 26.2 Å². The standard InChI is InChI=1S/C9H16N2/c1-2-8-11(7-1)9-3-5-10-6-4-9/h1-2,9-10H,3-8H2. The van der Waals surface area contributed by atoms with Gasteiger partial charge in [0, 0.05) is 19.1 Å². The minimum Gasteiger partial charge on any atom is -0.317 e. The molecule has 0 spiro atoms. The lowest BCUT2D eigenvalue weighted by Crippen LogP contribution is -2.41. The molecule has 0 saturated carbocycles. The third kappa shape index (κ3) is 1.63. The molecule has 11 heavy (non-hydrogen) atoms. The Kier molecular flexibility index (Phi) is 2.24. The van der Waals surface area contributed by atoms with E-state index in [-0.39, 0.29) is 0 Å². The van der Waals surface area contributed by atoms with Crippen molar-refractivity contribution in [2.24, 2.45) is 0 Å². The first-order valence-corrected chi connectivity index (χ1v) is 4.56. The molecule has 0 aromatic carbocycles. The van der Waals surface area contributed by atoms with Crippen molar-refractivity contribution < 1.29 is 0 Å². The Labute approximate surface area is 68.3 Å². The van der Waals surface area contributed by atoms with Gasteiger partial charge in [0.05, 0.1) is 0 Å². The van der Waals surface area contributed by atoms with Crippen LogP contribution < -0.4 is 5.32 Å². The van der Waals surface area contributed by atoms with Crippen molar-refractivity contribution in [3.05, 3.63) is 12.2 Å². The summed E-state index contributed by atoms with van der Waals surface area (Å²) in [6.45, 7) is 4.79. The number of rotatable bonds is 1. The lowest BCUT2D eigenvalue weighted by atomic mass is 10.1. The molecule has 2 heterocycles. The summed E-state index contributed by atoms with van der Waals surface area (Å²) in [6.07, 6.45) is 7.23. The Morgan fingerprint density at radius 1 is 1.09 bits per heavy atom. The molecule has 0 unspecified atom stereocenters. The molecule has 0 amide bonds. The molecule has 1 saturated heterocycles. The Bertz CT molecular complexity index is 140. The maximum atomic E-state index is 3.39. The minimum atomic E-state index is 0.853. The average Bonchev–Trinajstić information content (AvgIpc) is 2.58. The molecule has 1 N–H and O–H groups in total. The van der Waals surface area contributed by atoms with E-state index in [1.54, 1.807) is 0 Å². The van der Waals surface area contributed by atoms with Crippen LogP contribution >= 0.6 is 0 Å². The van der Waals surface area contributed by atoms with Gasteiger partial charge in [0.25, 0.3) is 0 Å². The van der Waals surface area contributed by atoms with E-state index in [9.17, 15) is 0 Å². The summed E-state index contributed by atoms with van der Waals surface area (Å²) in [4.78, 5) is 2.57. The molecular formula is C9H16N2. The third-order valence-electron chi connectivity index (χ3n) is 2.67. The molecule has 2 heteroatoms. The highest BCUT2D eigenvalue weighted by Crippen LogP contribution is 2.13. The molecule has 1 fully saturated rings. The van der Waals surface area contributed by atoms with E-state index in [0.717, 1.165) is 6.04 Å². The molecule has 2 aliphatic heterocycles. The molecule has 0 aromatic heterocycles. The van der Waals surface area contributed by atoms with E-state index < -0.39 is 0 Å². The zero-order valence-electron chi connectivity index (χ0n) is 6.92. The summed E-state index contributed by atoms with van der Waals surface area (Å²) in [7, 11) is 0. The monoisotopic (exact) mass is 152 g/mol. The molecule has 0 bridgehead atoms. The fourth-order valence-electron chi connectivity index (χ4n) is 1.96. The highest BCUT2D eigenvalue weighted by Gasteiger charge is 2.20. The summed E-state index contributed by atoms with van der Waals surface area (Å²) in [6, 6.07) is 0.853. The van der Waals surface area contributed by atoms with Crippen LogP contribution in [0.25, 0.3) is 0 Å². The van der Waals surface area contributed by atoms with Crippen LogP contribution in [0.3, 0.4) is 0 Å². The SMILES string of the molecule is C1=CCN(C2CCNCC2)C1. The van der Waals surface area contributed by atoms with Gasteiger partial charge in [-0.25, -0.2) is 0 Å². The van der Waals surface area contributed by atoms with Crippen molar-refractivity contribution in [1.29, 1.82) is 0 Å². The second-order valence-corrected chi connectivity index (χ2v) is 3.41. The number of piperidine rings is 1. The molecule has 2 rings (SSSR count). The third-order valence-corrected chi connectivity index (χ3v) is 2.67. The topological polar surface area (TPSA) is 15.3 Å². The first-order valence-electron chi connectivity index (χ1n) is 4.56. The number of hydrogen-bond donors (Lipinski definition) is 1. The van der Waals surface area contributed by atoms with Crippen LogP contribution in [0.1, 0.15) is 12.8 Å². The summed E-state index contributed by atoms with van der Waals surface area (Å²) in [5.74, 6) is 0. The van der Waals surface area contributed by atoms with Crippen LogP contribution in [0.4, 0.5) is 0 Å². The quantitative estimate of drug-likeness (QED) is 0.554. The second kappa shape index (κ2) is 3.37. The smallest absolute Gasteiger partial charge is 0.0169 e. The van der Waals surface area contributed by atoms with Crippen molar-refractivity contribution in [2.45, 2.75) is 18.9 Å². The highest BCUT2D eigenvalue weighted by atomic mass is 15.2. The Morgan fingerprint density at radius 2 is 1.73 bits per heavy atom. The Balaban J connectivity index is 1.83. The van der Waals surface area contributed by atoms with Gasteiger partial charge in [-0.05, 0) is 25.9 Å². The summed E-state index contributed by atoms with van der Waals surface area (Å²) >= 11 is 0. The zero-order chi connectivity index (χ0) is 7.52. The summed E-state index contributed by atoms with van der Waals surface area (Å²) in [5, 5.41) is 3.39. The molecule has 0 aliphatic carbocycles. The van der Waals surface area contributed by atoms with Gasteiger partial charge in [0.15, 0.2) is 0 Å². The van der Waals surface area contributed by atoms with Gasteiger partial charge >= 0.3 is 0 Å². The van der Waals surface area contributed by atoms with Crippen molar-refractivity contribution in [3.63, 3.8) is 0 Å². The minimum absolute atomic E-state index is 0.853. The Hall–Kier alpha value is -0.340. The van der Waals surface area contributed by atoms with Crippen LogP contribution in [0.2, 0.25) is 0 Å². The lowest BCUT2D eigenvalue weighted by Gasteiger charge is -2.31. The van der Waals surface area contributed by atoms with Crippen molar-refractivity contribution >= 4 is 0 Å². The predicted octanol–water partition coefficient (Wildman–Crippen LogP) is 0.610. The van der Waals surface area contributed by atoms with Crippen LogP contribution in [0.15, 0.2) is 12.2 Å². The van der Waals surface area contributed by atoms with Crippen LogP contribution in [0.5, 0.6) is 0 Å². The van der Waals surface area contributed by atoms with E-state index >= 15 is 0 Å². The fraction of sp³-hybridized carbons (Fsp3) is 0.778. The number of nitrogens with one attached hydrogen (secondary N) is 1. The summed E-state index contributed by atoms with van der Waals surface area (Å²) in [5.41, 5.74) is 0. The van der Waals surface area contributed by atoms with Gasteiger partial charge in [0.2, 0.25) is 0 Å². The largest absolute Gasteiger partial charge is 0.317 e. The van der Waals surface area contributed by atoms with Gasteiger partial charge in [0.1, 0.15) is 0 Å². The fourth-order valence-corrected chi connectivity index (χ4v) is 1.96. The first-order chi connectivity index (χ1) is 5.47.